The molecule has 2 rings (SSSR count). The molecule has 0 aliphatic rings. The highest BCUT2D eigenvalue weighted by Crippen LogP contribution is 2.59. The van der Waals surface area contributed by atoms with E-state index in [4.69, 9.17) is 13.8 Å². The molecule has 0 spiro atoms. The first-order valence-corrected chi connectivity index (χ1v) is 11.2. The van der Waals surface area contributed by atoms with E-state index in [9.17, 15) is 19.5 Å². The van der Waals surface area contributed by atoms with Gasteiger partial charge in [-0.25, -0.2) is 0 Å². The van der Waals surface area contributed by atoms with Gasteiger partial charge in [-0.05, 0) is 19.9 Å². The van der Waals surface area contributed by atoms with Crippen LogP contribution in [0.15, 0.2) is 54.6 Å². The van der Waals surface area contributed by atoms with Crippen molar-refractivity contribution in [2.75, 3.05) is 26.9 Å². The predicted octanol–water partition coefficient (Wildman–Crippen LogP) is 4.57. The molecule has 2 aromatic rings. The molecule has 30 heavy (non-hydrogen) atoms. The minimum atomic E-state index is -4.07. The molecule has 8 nitrogen and oxygen atoms in total. The molecule has 0 heterocycles. The van der Waals surface area contributed by atoms with E-state index >= 15 is 0 Å². The summed E-state index contributed by atoms with van der Waals surface area (Å²) >= 11 is 0. The first kappa shape index (κ1) is 23.7. The Labute approximate surface area is 175 Å². The number of ketones is 1. The molecule has 0 radical (unpaired) electrons. The van der Waals surface area contributed by atoms with Crippen LogP contribution in [-0.4, -0.2) is 43.2 Å². The van der Waals surface area contributed by atoms with Crippen molar-refractivity contribution < 1.29 is 28.1 Å². The van der Waals surface area contributed by atoms with Gasteiger partial charge >= 0.3 is 7.60 Å². The fourth-order valence-corrected chi connectivity index (χ4v) is 5.63. The minimum Gasteiger partial charge on any atom is -0.496 e. The lowest BCUT2D eigenvalue weighted by atomic mass is 9.90. The summed E-state index contributed by atoms with van der Waals surface area (Å²) in [6.45, 7) is 2.65. The Hall–Kier alpha value is -2.54. The average Bonchev–Trinajstić information content (AvgIpc) is 2.73. The molecule has 0 unspecified atom stereocenters. The largest absolute Gasteiger partial charge is 0.496 e. The van der Waals surface area contributed by atoms with Crippen LogP contribution in [0, 0.1) is 10.1 Å². The van der Waals surface area contributed by atoms with Crippen molar-refractivity contribution in [3.8, 4) is 5.75 Å². The molecule has 0 saturated carbocycles. The van der Waals surface area contributed by atoms with E-state index in [2.05, 4.69) is 0 Å². The maximum absolute atomic E-state index is 13.8. The third kappa shape index (κ3) is 5.53. The van der Waals surface area contributed by atoms with Crippen LogP contribution < -0.4 is 4.74 Å². The van der Waals surface area contributed by atoms with Crippen molar-refractivity contribution in [2.45, 2.75) is 25.4 Å². The monoisotopic (exact) mass is 435 g/mol. The van der Waals surface area contributed by atoms with E-state index in [-0.39, 0.29) is 18.8 Å². The van der Waals surface area contributed by atoms with Crippen LogP contribution in [0.3, 0.4) is 0 Å². The highest BCUT2D eigenvalue weighted by Gasteiger charge is 2.49. The summed E-state index contributed by atoms with van der Waals surface area (Å²) < 4.78 is 30.1. The lowest BCUT2D eigenvalue weighted by molar-refractivity contribution is -0.483. The third-order valence-electron chi connectivity index (χ3n) is 4.55. The van der Waals surface area contributed by atoms with Gasteiger partial charge in [-0.3, -0.25) is 19.5 Å². The summed E-state index contributed by atoms with van der Waals surface area (Å²) in [6, 6.07) is 14.9. The second-order valence-electron chi connectivity index (χ2n) is 6.41. The van der Waals surface area contributed by atoms with Crippen LogP contribution in [-0.2, 0) is 13.6 Å². The Balaban J connectivity index is 2.73. The van der Waals surface area contributed by atoms with Crippen LogP contribution in [0.2, 0.25) is 0 Å². The summed E-state index contributed by atoms with van der Waals surface area (Å²) in [5.41, 5.74) is -0.752. The quantitative estimate of drug-likeness (QED) is 0.208. The van der Waals surface area contributed by atoms with Crippen molar-refractivity contribution in [3.05, 3.63) is 75.8 Å². The Kier molecular flexibility index (Phi) is 8.72. The first-order chi connectivity index (χ1) is 14.4. The van der Waals surface area contributed by atoms with Crippen molar-refractivity contribution in [1.82, 2.24) is 0 Å². The lowest BCUT2D eigenvalue weighted by Gasteiger charge is -2.30. The number of carbonyl (C=O) groups excluding carboxylic acids is 1. The molecule has 0 aliphatic heterocycles. The van der Waals surface area contributed by atoms with Gasteiger partial charge in [0, 0.05) is 16.1 Å². The zero-order chi connectivity index (χ0) is 22.1. The van der Waals surface area contributed by atoms with Gasteiger partial charge in [0.25, 0.3) is 0 Å². The Bertz CT molecular complexity index is 893. The molecule has 0 amide bonds. The first-order valence-electron chi connectivity index (χ1n) is 9.60. The second-order valence-corrected chi connectivity index (χ2v) is 8.57. The van der Waals surface area contributed by atoms with E-state index in [1.165, 1.54) is 7.11 Å². The number of benzene rings is 2. The van der Waals surface area contributed by atoms with Crippen molar-refractivity contribution >= 4 is 13.4 Å². The molecule has 0 aromatic heterocycles. The number of para-hydroxylation sites is 1. The SMILES string of the molecule is CCOP(=O)(OCC)[C@H](C(=O)c1ccccc1)[C@@H](C[N+](=O)[O-])c1ccccc1OC. The number of rotatable bonds is 12. The fraction of sp³-hybridized carbons (Fsp3) is 0.381. The Morgan fingerprint density at radius 2 is 1.60 bits per heavy atom. The van der Waals surface area contributed by atoms with E-state index < -0.39 is 36.4 Å². The van der Waals surface area contributed by atoms with Crippen LogP contribution in [0.1, 0.15) is 35.7 Å². The number of ether oxygens (including phenoxy) is 1. The molecule has 0 aliphatic carbocycles. The van der Waals surface area contributed by atoms with Gasteiger partial charge in [0.15, 0.2) is 5.78 Å². The number of nitrogens with zero attached hydrogens (tertiary/aromatic N) is 1. The molecule has 9 heteroatoms. The molecule has 0 fully saturated rings. The van der Waals surface area contributed by atoms with Crippen molar-refractivity contribution in [3.63, 3.8) is 0 Å². The third-order valence-corrected chi connectivity index (χ3v) is 7.06. The number of hydrogen-bond acceptors (Lipinski definition) is 7. The summed E-state index contributed by atoms with van der Waals surface area (Å²) in [5.74, 6) is -1.28. The van der Waals surface area contributed by atoms with E-state index in [1.807, 2.05) is 0 Å². The number of carbonyl (C=O) groups is 1. The van der Waals surface area contributed by atoms with Crippen molar-refractivity contribution in [1.29, 1.82) is 0 Å². The summed E-state index contributed by atoms with van der Waals surface area (Å²) in [4.78, 5) is 24.6. The number of Topliss-reactive ketones (excluding diaryl/α,β-unsaturated/α-hetero) is 1. The van der Waals surface area contributed by atoms with Gasteiger partial charge in [0.1, 0.15) is 11.4 Å². The number of nitro groups is 1. The fourth-order valence-electron chi connectivity index (χ4n) is 3.38. The van der Waals surface area contributed by atoms with Crippen molar-refractivity contribution in [2.24, 2.45) is 0 Å². The highest BCUT2D eigenvalue weighted by molar-refractivity contribution is 7.56. The van der Waals surface area contributed by atoms with E-state index in [1.54, 1.807) is 68.4 Å². The molecular weight excluding hydrogens is 409 g/mol. The maximum atomic E-state index is 13.8. The maximum Gasteiger partial charge on any atom is 0.342 e. The van der Waals surface area contributed by atoms with Gasteiger partial charge in [-0.1, -0.05) is 48.5 Å². The summed E-state index contributed by atoms with van der Waals surface area (Å²) in [6.07, 6.45) is 0. The Morgan fingerprint density at radius 3 is 2.13 bits per heavy atom. The molecule has 0 N–H and O–H groups in total. The van der Waals surface area contributed by atoms with Gasteiger partial charge < -0.3 is 13.8 Å². The topological polar surface area (TPSA) is 105 Å². The zero-order valence-corrected chi connectivity index (χ0v) is 18.1. The average molecular weight is 435 g/mol. The molecule has 162 valence electrons. The summed E-state index contributed by atoms with van der Waals surface area (Å²) in [5, 5.41) is 11.6. The Morgan fingerprint density at radius 1 is 1.03 bits per heavy atom. The van der Waals surface area contributed by atoms with Gasteiger partial charge in [-0.15, -0.1) is 0 Å². The predicted molar refractivity (Wildman–Crippen MR) is 113 cm³/mol. The molecule has 0 saturated heterocycles. The standard InChI is InChI=1S/C21H26NO7P/c1-4-28-30(26,29-5-2)21(20(23)16-11-7-6-8-12-16)18(15-22(24)25)17-13-9-10-14-19(17)27-3/h6-14,18,21H,4-5,15H2,1-3H3/t18-,21-/m0/s1. The summed E-state index contributed by atoms with van der Waals surface area (Å²) in [7, 11) is -2.64. The lowest BCUT2D eigenvalue weighted by Crippen LogP contribution is -2.34. The molecule has 2 atom stereocenters. The van der Waals surface area contributed by atoms with E-state index in [0.29, 0.717) is 11.3 Å². The number of hydrogen-bond donors (Lipinski definition) is 0. The zero-order valence-electron chi connectivity index (χ0n) is 17.2. The van der Waals surface area contributed by atoms with Gasteiger partial charge in [0.2, 0.25) is 6.54 Å². The van der Waals surface area contributed by atoms with Gasteiger partial charge in [-0.2, -0.15) is 0 Å². The van der Waals surface area contributed by atoms with Crippen LogP contribution in [0.4, 0.5) is 0 Å². The second kappa shape index (κ2) is 11.0. The molecular formula is C21H26NO7P. The minimum absolute atomic E-state index is 0.0208. The van der Waals surface area contributed by atoms with Crippen LogP contribution >= 0.6 is 7.60 Å². The smallest absolute Gasteiger partial charge is 0.342 e. The van der Waals surface area contributed by atoms with Gasteiger partial charge in [0.05, 0.1) is 26.2 Å². The van der Waals surface area contributed by atoms with Crippen LogP contribution in [0.5, 0.6) is 5.75 Å². The normalized spacial score (nSPS) is 13.4. The number of methoxy groups -OCH3 is 1. The highest BCUT2D eigenvalue weighted by atomic mass is 31.2. The molecule has 2 aromatic carbocycles. The van der Waals surface area contributed by atoms with E-state index in [0.717, 1.165) is 0 Å². The van der Waals surface area contributed by atoms with Crippen LogP contribution in [0.25, 0.3) is 0 Å². The molecule has 0 bridgehead atoms.